The summed E-state index contributed by atoms with van der Waals surface area (Å²) < 4.78 is 10.9. The Hall–Kier alpha value is -0.610. The molecular formula is C13H17ClO3. The van der Waals surface area contributed by atoms with Crippen molar-refractivity contribution in [3.8, 4) is 0 Å². The van der Waals surface area contributed by atoms with E-state index in [4.69, 9.17) is 21.1 Å². The number of rotatable bonds is 4. The Balaban J connectivity index is 1.80. The minimum atomic E-state index is -0.485. The molecule has 1 atom stereocenters. The Kier molecular flexibility index (Phi) is 4.80. The van der Waals surface area contributed by atoms with Gasteiger partial charge >= 0.3 is 0 Å². The fourth-order valence-electron chi connectivity index (χ4n) is 1.85. The van der Waals surface area contributed by atoms with E-state index >= 15 is 0 Å². The zero-order valence-corrected chi connectivity index (χ0v) is 10.4. The number of hydrogen-bond donors (Lipinski definition) is 1. The van der Waals surface area contributed by atoms with Crippen LogP contribution in [0, 0.1) is 0 Å². The Bertz CT molecular complexity index is 333. The van der Waals surface area contributed by atoms with Gasteiger partial charge in [-0.2, -0.15) is 0 Å². The molecule has 0 aliphatic carbocycles. The molecule has 94 valence electrons. The van der Waals surface area contributed by atoms with E-state index in [0.29, 0.717) is 17.9 Å². The molecule has 3 nitrogen and oxygen atoms in total. The average Bonchev–Trinajstić information content (AvgIpc) is 2.38. The summed E-state index contributed by atoms with van der Waals surface area (Å²) >= 11 is 5.79. The number of aliphatic hydroxyl groups excluding tert-OH is 1. The summed E-state index contributed by atoms with van der Waals surface area (Å²) in [5.41, 5.74) is 0.880. The highest BCUT2D eigenvalue weighted by atomic mass is 35.5. The van der Waals surface area contributed by atoms with Crippen molar-refractivity contribution in [3.05, 3.63) is 34.9 Å². The first-order chi connectivity index (χ1) is 8.25. The van der Waals surface area contributed by atoms with Crippen LogP contribution in [0.25, 0.3) is 0 Å². The predicted molar refractivity (Wildman–Crippen MR) is 66.0 cm³/mol. The first-order valence-corrected chi connectivity index (χ1v) is 6.30. The molecule has 1 N–H and O–H groups in total. The van der Waals surface area contributed by atoms with Crippen molar-refractivity contribution in [2.75, 3.05) is 13.2 Å². The number of hydrogen-bond acceptors (Lipinski definition) is 3. The van der Waals surface area contributed by atoms with Gasteiger partial charge in [0, 0.05) is 11.4 Å². The molecule has 0 amide bonds. The molecule has 4 heteroatoms. The number of ether oxygens (including phenoxy) is 2. The van der Waals surface area contributed by atoms with Crippen molar-refractivity contribution < 1.29 is 14.6 Å². The van der Waals surface area contributed by atoms with E-state index in [1.165, 1.54) is 0 Å². The molecule has 1 heterocycles. The summed E-state index contributed by atoms with van der Waals surface area (Å²) in [5, 5.41) is 10.7. The Morgan fingerprint density at radius 3 is 2.53 bits per heavy atom. The largest absolute Gasteiger partial charge is 0.388 e. The van der Waals surface area contributed by atoms with Gasteiger partial charge in [-0.05, 0) is 30.5 Å². The van der Waals surface area contributed by atoms with E-state index in [2.05, 4.69) is 0 Å². The molecule has 1 aliphatic heterocycles. The maximum atomic E-state index is 9.99. The van der Waals surface area contributed by atoms with Crippen molar-refractivity contribution in [2.45, 2.75) is 31.7 Å². The van der Waals surface area contributed by atoms with E-state index < -0.39 is 6.10 Å². The highest BCUT2D eigenvalue weighted by Crippen LogP contribution is 2.22. The lowest BCUT2D eigenvalue weighted by molar-refractivity contribution is -0.183. The first-order valence-electron chi connectivity index (χ1n) is 5.92. The van der Waals surface area contributed by atoms with Crippen LogP contribution >= 0.6 is 11.6 Å². The predicted octanol–water partition coefficient (Wildman–Crippen LogP) is 2.92. The third-order valence-electron chi connectivity index (χ3n) is 2.83. The van der Waals surface area contributed by atoms with Crippen LogP contribution in [-0.4, -0.2) is 24.6 Å². The van der Waals surface area contributed by atoms with Gasteiger partial charge in [-0.15, -0.1) is 0 Å². The maximum absolute atomic E-state index is 9.99. The van der Waals surface area contributed by atoms with Crippen LogP contribution in [0.5, 0.6) is 0 Å². The van der Waals surface area contributed by atoms with Gasteiger partial charge < -0.3 is 14.6 Å². The quantitative estimate of drug-likeness (QED) is 0.900. The first kappa shape index (κ1) is 12.8. The van der Waals surface area contributed by atoms with Crippen LogP contribution < -0.4 is 0 Å². The van der Waals surface area contributed by atoms with E-state index in [9.17, 15) is 5.11 Å². The SMILES string of the molecule is O[C@H](CCC1OCCCO1)c1ccc(Cl)cc1. The van der Waals surface area contributed by atoms with Crippen LogP contribution in [0.3, 0.4) is 0 Å². The lowest BCUT2D eigenvalue weighted by atomic mass is 10.0. The van der Waals surface area contributed by atoms with Crippen molar-refractivity contribution in [1.29, 1.82) is 0 Å². The lowest BCUT2D eigenvalue weighted by Gasteiger charge is -2.24. The second kappa shape index (κ2) is 6.36. The van der Waals surface area contributed by atoms with Gasteiger partial charge in [0.15, 0.2) is 6.29 Å². The Morgan fingerprint density at radius 1 is 1.24 bits per heavy atom. The molecule has 1 aliphatic rings. The molecule has 0 spiro atoms. The topological polar surface area (TPSA) is 38.7 Å². The normalized spacial score (nSPS) is 19.2. The zero-order chi connectivity index (χ0) is 12.1. The monoisotopic (exact) mass is 256 g/mol. The molecule has 1 aromatic rings. The van der Waals surface area contributed by atoms with Crippen molar-refractivity contribution in [3.63, 3.8) is 0 Å². The molecule has 1 aromatic carbocycles. The second-order valence-electron chi connectivity index (χ2n) is 4.17. The summed E-state index contributed by atoms with van der Waals surface area (Å²) in [5.74, 6) is 0. The molecule has 2 rings (SSSR count). The number of aliphatic hydroxyl groups is 1. The highest BCUT2D eigenvalue weighted by molar-refractivity contribution is 6.30. The maximum Gasteiger partial charge on any atom is 0.157 e. The van der Waals surface area contributed by atoms with Gasteiger partial charge in [0.2, 0.25) is 0 Å². The Labute approximate surface area is 106 Å². The number of halogens is 1. The minimum absolute atomic E-state index is 0.161. The summed E-state index contributed by atoms with van der Waals surface area (Å²) in [4.78, 5) is 0. The van der Waals surface area contributed by atoms with Crippen LogP contribution in [0.15, 0.2) is 24.3 Å². The molecule has 1 saturated heterocycles. The molecule has 0 aromatic heterocycles. The molecule has 17 heavy (non-hydrogen) atoms. The van der Waals surface area contributed by atoms with Gasteiger partial charge in [-0.1, -0.05) is 23.7 Å². The summed E-state index contributed by atoms with van der Waals surface area (Å²) in [6.45, 7) is 1.50. The number of benzene rings is 1. The van der Waals surface area contributed by atoms with Crippen LogP contribution in [0.4, 0.5) is 0 Å². The Morgan fingerprint density at radius 2 is 1.88 bits per heavy atom. The van der Waals surface area contributed by atoms with Gasteiger partial charge in [0.1, 0.15) is 0 Å². The molecule has 0 unspecified atom stereocenters. The summed E-state index contributed by atoms with van der Waals surface area (Å²) in [6, 6.07) is 7.26. The molecule has 0 saturated carbocycles. The van der Waals surface area contributed by atoms with Crippen molar-refractivity contribution in [1.82, 2.24) is 0 Å². The van der Waals surface area contributed by atoms with Crippen LogP contribution in [0.1, 0.15) is 30.9 Å². The van der Waals surface area contributed by atoms with Crippen molar-refractivity contribution in [2.24, 2.45) is 0 Å². The fourth-order valence-corrected chi connectivity index (χ4v) is 1.97. The lowest BCUT2D eigenvalue weighted by Crippen LogP contribution is -2.25. The molecular weight excluding hydrogens is 240 g/mol. The third kappa shape index (κ3) is 3.96. The minimum Gasteiger partial charge on any atom is -0.388 e. The van der Waals surface area contributed by atoms with Gasteiger partial charge in [0.05, 0.1) is 19.3 Å². The van der Waals surface area contributed by atoms with E-state index in [0.717, 1.165) is 25.2 Å². The summed E-state index contributed by atoms with van der Waals surface area (Å²) in [7, 11) is 0. The smallest absolute Gasteiger partial charge is 0.157 e. The van der Waals surface area contributed by atoms with Crippen molar-refractivity contribution >= 4 is 11.6 Å². The van der Waals surface area contributed by atoms with E-state index in [1.807, 2.05) is 12.1 Å². The van der Waals surface area contributed by atoms with Gasteiger partial charge in [0.25, 0.3) is 0 Å². The second-order valence-corrected chi connectivity index (χ2v) is 4.61. The van der Waals surface area contributed by atoms with Gasteiger partial charge in [-0.25, -0.2) is 0 Å². The molecule has 0 bridgehead atoms. The highest BCUT2D eigenvalue weighted by Gasteiger charge is 2.16. The fraction of sp³-hybridized carbons (Fsp3) is 0.538. The van der Waals surface area contributed by atoms with Crippen LogP contribution in [-0.2, 0) is 9.47 Å². The van der Waals surface area contributed by atoms with E-state index in [-0.39, 0.29) is 6.29 Å². The summed E-state index contributed by atoms with van der Waals surface area (Å²) in [6.07, 6.45) is 1.65. The zero-order valence-electron chi connectivity index (χ0n) is 9.64. The standard InChI is InChI=1S/C13H17ClO3/c14-11-4-2-10(3-5-11)12(15)6-7-13-16-8-1-9-17-13/h2-5,12-13,15H,1,6-9H2/t12-/m1/s1. The molecule has 1 fully saturated rings. The average molecular weight is 257 g/mol. The third-order valence-corrected chi connectivity index (χ3v) is 3.08. The molecule has 0 radical (unpaired) electrons. The van der Waals surface area contributed by atoms with E-state index in [1.54, 1.807) is 12.1 Å². The van der Waals surface area contributed by atoms with Crippen LogP contribution in [0.2, 0.25) is 5.02 Å². The van der Waals surface area contributed by atoms with Gasteiger partial charge in [-0.3, -0.25) is 0 Å².